The van der Waals surface area contributed by atoms with E-state index in [0.29, 0.717) is 19.4 Å². The van der Waals surface area contributed by atoms with Crippen molar-refractivity contribution in [3.63, 3.8) is 0 Å². The minimum Gasteiger partial charge on any atom is -0.348 e. The fraction of sp³-hybridized carbons (Fsp3) is 0.316. The van der Waals surface area contributed by atoms with E-state index in [0.717, 1.165) is 5.56 Å². The number of nitrogens with one attached hydrogen (secondary N) is 1. The number of amides is 1. The molecule has 0 unspecified atom stereocenters. The molecule has 132 valence electrons. The van der Waals surface area contributed by atoms with Crippen molar-refractivity contribution in [2.75, 3.05) is 6.54 Å². The lowest BCUT2D eigenvalue weighted by molar-refractivity contribution is -0.124. The summed E-state index contributed by atoms with van der Waals surface area (Å²) in [6, 6.07) is 17.1. The second-order valence-electron chi connectivity index (χ2n) is 6.23. The zero-order chi connectivity index (χ0) is 17.9. The van der Waals surface area contributed by atoms with Crippen LogP contribution < -0.4 is 5.32 Å². The molecule has 25 heavy (non-hydrogen) atoms. The first kappa shape index (κ1) is 17.6. The Hall–Kier alpha value is -2.18. The predicted octanol–water partition coefficient (Wildman–Crippen LogP) is 2.72. The van der Waals surface area contributed by atoms with Gasteiger partial charge in [0.15, 0.2) is 0 Å². The lowest BCUT2D eigenvalue weighted by atomic mass is 10.1. The van der Waals surface area contributed by atoms with Crippen LogP contribution in [-0.2, 0) is 14.8 Å². The average Bonchev–Trinajstić information content (AvgIpc) is 3.14. The van der Waals surface area contributed by atoms with E-state index in [2.05, 4.69) is 5.32 Å². The van der Waals surface area contributed by atoms with E-state index in [1.165, 1.54) is 4.31 Å². The van der Waals surface area contributed by atoms with Gasteiger partial charge >= 0.3 is 0 Å². The summed E-state index contributed by atoms with van der Waals surface area (Å²) in [5, 5.41) is 2.95. The maximum atomic E-state index is 12.9. The summed E-state index contributed by atoms with van der Waals surface area (Å²) >= 11 is 0. The molecule has 2 atom stereocenters. The van der Waals surface area contributed by atoms with Crippen molar-refractivity contribution in [2.24, 2.45) is 0 Å². The Bertz CT molecular complexity index is 822. The van der Waals surface area contributed by atoms with E-state index in [1.807, 2.05) is 37.3 Å². The predicted molar refractivity (Wildman–Crippen MR) is 96.4 cm³/mol. The zero-order valence-electron chi connectivity index (χ0n) is 14.1. The van der Waals surface area contributed by atoms with Gasteiger partial charge in [-0.05, 0) is 37.5 Å². The molecule has 1 amide bonds. The van der Waals surface area contributed by atoms with Gasteiger partial charge in [-0.3, -0.25) is 4.79 Å². The fourth-order valence-electron chi connectivity index (χ4n) is 3.15. The van der Waals surface area contributed by atoms with Gasteiger partial charge in [0.1, 0.15) is 6.04 Å². The van der Waals surface area contributed by atoms with E-state index in [4.69, 9.17) is 0 Å². The minimum atomic E-state index is -3.66. The number of benzene rings is 2. The number of nitrogens with zero attached hydrogens (tertiary/aromatic N) is 1. The van der Waals surface area contributed by atoms with E-state index >= 15 is 0 Å². The third-order valence-electron chi connectivity index (χ3n) is 4.51. The third kappa shape index (κ3) is 3.75. The van der Waals surface area contributed by atoms with Crippen LogP contribution in [0.5, 0.6) is 0 Å². The topological polar surface area (TPSA) is 66.5 Å². The molecule has 0 radical (unpaired) electrons. The van der Waals surface area contributed by atoms with Gasteiger partial charge in [-0.2, -0.15) is 4.31 Å². The molecule has 6 heteroatoms. The summed E-state index contributed by atoms with van der Waals surface area (Å²) in [5.74, 6) is -0.242. The molecule has 0 spiro atoms. The van der Waals surface area contributed by atoms with Crippen molar-refractivity contribution < 1.29 is 13.2 Å². The van der Waals surface area contributed by atoms with Crippen LogP contribution in [0.2, 0.25) is 0 Å². The molecule has 1 aliphatic rings. The van der Waals surface area contributed by atoms with Gasteiger partial charge in [-0.15, -0.1) is 0 Å². The first-order valence-electron chi connectivity index (χ1n) is 8.42. The number of carbonyl (C=O) groups excluding carboxylic acids is 1. The smallest absolute Gasteiger partial charge is 0.243 e. The van der Waals surface area contributed by atoms with Crippen LogP contribution in [-0.4, -0.2) is 31.2 Å². The highest BCUT2D eigenvalue weighted by Gasteiger charge is 2.39. The fourth-order valence-corrected chi connectivity index (χ4v) is 4.83. The van der Waals surface area contributed by atoms with Crippen LogP contribution in [0.1, 0.15) is 31.4 Å². The van der Waals surface area contributed by atoms with E-state index in [-0.39, 0.29) is 16.8 Å². The standard InChI is InChI=1S/C19H22N2O3S/c1-15(16-9-4-2-5-10-16)20-19(22)18-13-8-14-21(18)25(23,24)17-11-6-3-7-12-17/h2-7,9-12,15,18H,8,13-14H2,1H3,(H,20,22)/t15-,18+/m1/s1. The molecular formula is C19H22N2O3S. The maximum Gasteiger partial charge on any atom is 0.243 e. The van der Waals surface area contributed by atoms with E-state index < -0.39 is 16.1 Å². The Morgan fingerprint density at radius 2 is 1.68 bits per heavy atom. The number of hydrogen-bond donors (Lipinski definition) is 1. The molecule has 0 bridgehead atoms. The summed E-state index contributed by atoms with van der Waals surface area (Å²) < 4.78 is 27.0. The molecule has 1 N–H and O–H groups in total. The van der Waals surface area contributed by atoms with Crippen LogP contribution in [0.25, 0.3) is 0 Å². The third-order valence-corrected chi connectivity index (χ3v) is 6.44. The highest BCUT2D eigenvalue weighted by molar-refractivity contribution is 7.89. The second kappa shape index (κ2) is 7.37. The largest absolute Gasteiger partial charge is 0.348 e. The summed E-state index contributed by atoms with van der Waals surface area (Å²) in [7, 11) is -3.66. The number of sulfonamides is 1. The molecule has 1 aliphatic heterocycles. The van der Waals surface area contributed by atoms with Gasteiger partial charge in [-0.25, -0.2) is 8.42 Å². The number of hydrogen-bond acceptors (Lipinski definition) is 3. The van der Waals surface area contributed by atoms with Crippen molar-refractivity contribution in [3.05, 3.63) is 66.2 Å². The SMILES string of the molecule is C[C@@H](NC(=O)[C@@H]1CCCN1S(=O)(=O)c1ccccc1)c1ccccc1. The molecule has 0 aliphatic carbocycles. The molecule has 2 aromatic carbocycles. The summed E-state index contributed by atoms with van der Waals surface area (Å²) in [6.45, 7) is 2.27. The zero-order valence-corrected chi connectivity index (χ0v) is 14.9. The molecule has 1 fully saturated rings. The number of rotatable bonds is 5. The van der Waals surface area contributed by atoms with Crippen LogP contribution in [0.4, 0.5) is 0 Å². The van der Waals surface area contributed by atoms with Crippen molar-refractivity contribution >= 4 is 15.9 Å². The average molecular weight is 358 g/mol. The highest BCUT2D eigenvalue weighted by atomic mass is 32.2. The molecular weight excluding hydrogens is 336 g/mol. The minimum absolute atomic E-state index is 0.171. The van der Waals surface area contributed by atoms with Crippen LogP contribution >= 0.6 is 0 Å². The van der Waals surface area contributed by atoms with Crippen molar-refractivity contribution in [1.29, 1.82) is 0 Å². The molecule has 2 aromatic rings. The van der Waals surface area contributed by atoms with Crippen LogP contribution in [0, 0.1) is 0 Å². The van der Waals surface area contributed by atoms with Gasteiger partial charge in [0, 0.05) is 6.54 Å². The van der Waals surface area contributed by atoms with Gasteiger partial charge < -0.3 is 5.32 Å². The lowest BCUT2D eigenvalue weighted by Gasteiger charge is -2.25. The maximum absolute atomic E-state index is 12.9. The molecule has 5 nitrogen and oxygen atoms in total. The quantitative estimate of drug-likeness (QED) is 0.894. The molecule has 0 saturated carbocycles. The van der Waals surface area contributed by atoms with Crippen molar-refractivity contribution in [2.45, 2.75) is 36.7 Å². The highest BCUT2D eigenvalue weighted by Crippen LogP contribution is 2.26. The van der Waals surface area contributed by atoms with Gasteiger partial charge in [0.25, 0.3) is 0 Å². The Balaban J connectivity index is 1.76. The van der Waals surface area contributed by atoms with Gasteiger partial charge in [0.05, 0.1) is 10.9 Å². The normalized spacial score (nSPS) is 19.5. The Morgan fingerprint density at radius 3 is 2.32 bits per heavy atom. The summed E-state index contributed by atoms with van der Waals surface area (Å²) in [5.41, 5.74) is 0.992. The van der Waals surface area contributed by atoms with E-state index in [9.17, 15) is 13.2 Å². The van der Waals surface area contributed by atoms with E-state index in [1.54, 1.807) is 30.3 Å². The second-order valence-corrected chi connectivity index (χ2v) is 8.12. The summed E-state index contributed by atoms with van der Waals surface area (Å²) in [4.78, 5) is 12.9. The van der Waals surface area contributed by atoms with Gasteiger partial charge in [-0.1, -0.05) is 48.5 Å². The van der Waals surface area contributed by atoms with Crippen LogP contribution in [0.3, 0.4) is 0 Å². The monoisotopic (exact) mass is 358 g/mol. The first-order chi connectivity index (χ1) is 12.0. The van der Waals surface area contributed by atoms with Gasteiger partial charge in [0.2, 0.25) is 15.9 Å². The Morgan fingerprint density at radius 1 is 1.08 bits per heavy atom. The Labute approximate surface area is 148 Å². The number of carbonyl (C=O) groups is 1. The van der Waals surface area contributed by atoms with Crippen molar-refractivity contribution in [1.82, 2.24) is 9.62 Å². The molecule has 0 aromatic heterocycles. The lowest BCUT2D eigenvalue weighted by Crippen LogP contribution is -2.46. The first-order valence-corrected chi connectivity index (χ1v) is 9.86. The molecule has 1 saturated heterocycles. The van der Waals surface area contributed by atoms with Crippen LogP contribution in [0.15, 0.2) is 65.6 Å². The molecule has 3 rings (SSSR count). The van der Waals surface area contributed by atoms with Crippen molar-refractivity contribution in [3.8, 4) is 0 Å². The molecule has 1 heterocycles. The summed E-state index contributed by atoms with van der Waals surface area (Å²) in [6.07, 6.45) is 1.23. The Kier molecular flexibility index (Phi) is 5.20.